The molecule has 0 aliphatic rings. The van der Waals surface area contributed by atoms with Crippen LogP contribution < -0.4 is 10.5 Å². The summed E-state index contributed by atoms with van der Waals surface area (Å²) in [7, 11) is 2.51. The van der Waals surface area contributed by atoms with Crippen LogP contribution in [0.15, 0.2) is 29.9 Å². The Morgan fingerprint density at radius 1 is 1.40 bits per heavy atom. The number of nitrogens with two attached hydrogens (primary N) is 1. The number of aryl methyl sites for hydroxylation is 1. The zero-order chi connectivity index (χ0) is 18.7. The Bertz CT molecular complexity index is 855. The van der Waals surface area contributed by atoms with E-state index in [0.29, 0.717) is 11.1 Å². The molecular weight excluding hydrogens is 349 g/mol. The molecule has 6 nitrogen and oxygen atoms in total. The number of H-pyrrole nitrogens is 1. The van der Waals surface area contributed by atoms with Gasteiger partial charge in [-0.3, -0.25) is 0 Å². The number of methoxy groups -OCH3 is 2. The first kappa shape index (κ1) is 18.5. The van der Waals surface area contributed by atoms with Gasteiger partial charge in [-0.05, 0) is 24.6 Å². The number of carbonyl (C=O) groups excluding carboxylic acids is 1. The molecule has 0 atom stereocenters. The number of benzene rings is 1. The summed E-state index contributed by atoms with van der Waals surface area (Å²) in [6.07, 6.45) is 1.62. The summed E-state index contributed by atoms with van der Waals surface area (Å²) in [5, 5.41) is 0.111. The van der Waals surface area contributed by atoms with Crippen molar-refractivity contribution in [2.24, 2.45) is 4.99 Å². The molecule has 0 saturated carbocycles. The van der Waals surface area contributed by atoms with E-state index in [1.54, 1.807) is 13.1 Å². The number of anilines is 1. The molecule has 2 aromatic rings. The second kappa shape index (κ2) is 7.40. The van der Waals surface area contributed by atoms with Crippen molar-refractivity contribution in [2.45, 2.75) is 6.92 Å². The molecule has 0 aliphatic carbocycles. The molecule has 132 valence electrons. The Morgan fingerprint density at radius 2 is 2.08 bits per heavy atom. The predicted molar refractivity (Wildman–Crippen MR) is 95.5 cm³/mol. The minimum atomic E-state index is -0.730. The Morgan fingerprint density at radius 3 is 2.60 bits per heavy atom. The van der Waals surface area contributed by atoms with Gasteiger partial charge in [0.2, 0.25) is 0 Å². The largest absolute Gasteiger partial charge is 0.492 e. The maximum atomic E-state index is 14.5. The number of nitrogens with one attached hydrogen (secondary N) is 1. The third-order valence-corrected chi connectivity index (χ3v) is 3.83. The van der Waals surface area contributed by atoms with Crippen LogP contribution in [-0.4, -0.2) is 30.9 Å². The number of halogens is 2. The smallest absolute Gasteiger partial charge is 0.357 e. The van der Waals surface area contributed by atoms with E-state index >= 15 is 0 Å². The van der Waals surface area contributed by atoms with Crippen molar-refractivity contribution >= 4 is 34.8 Å². The van der Waals surface area contributed by atoms with Gasteiger partial charge in [-0.15, -0.1) is 0 Å². The van der Waals surface area contributed by atoms with Crippen molar-refractivity contribution in [3.8, 4) is 5.75 Å². The van der Waals surface area contributed by atoms with Crippen LogP contribution in [0.3, 0.4) is 0 Å². The van der Waals surface area contributed by atoms with Crippen LogP contribution in [0, 0.1) is 12.7 Å². The highest BCUT2D eigenvalue weighted by Crippen LogP contribution is 2.33. The molecule has 1 heterocycles. The van der Waals surface area contributed by atoms with Crippen molar-refractivity contribution in [3.63, 3.8) is 0 Å². The zero-order valence-electron chi connectivity index (χ0n) is 13.9. The number of hydrogen-bond donors (Lipinski definition) is 2. The van der Waals surface area contributed by atoms with Gasteiger partial charge in [-0.1, -0.05) is 18.2 Å². The average molecular weight is 366 g/mol. The Kier molecular flexibility index (Phi) is 5.48. The Balaban J connectivity index is 2.58. The highest BCUT2D eigenvalue weighted by Gasteiger charge is 2.23. The fraction of sp³-hybridized carbons (Fsp3) is 0.176. The van der Waals surface area contributed by atoms with Gasteiger partial charge in [0.25, 0.3) is 0 Å². The lowest BCUT2D eigenvalue weighted by Gasteiger charge is -2.11. The van der Waals surface area contributed by atoms with Crippen LogP contribution in [0.1, 0.15) is 16.7 Å². The fourth-order valence-electron chi connectivity index (χ4n) is 2.30. The SMILES string of the molecule is C=C(N=C(C(=O)OC)c1c(C)c[nH]c1N)c1ccc(Cl)c(OC)c1F. The normalized spacial score (nSPS) is 11.3. The number of carbonyl (C=O) groups is 1. The number of nitrogen functional groups attached to an aromatic ring is 1. The van der Waals surface area contributed by atoms with Crippen molar-refractivity contribution in [1.82, 2.24) is 4.98 Å². The molecule has 3 N–H and O–H groups in total. The van der Waals surface area contributed by atoms with Crippen LogP contribution >= 0.6 is 11.6 Å². The topological polar surface area (TPSA) is 89.7 Å². The number of aliphatic imine (C=N–C) groups is 1. The summed E-state index contributed by atoms with van der Waals surface area (Å²) < 4.78 is 24.2. The predicted octanol–water partition coefficient (Wildman–Crippen LogP) is 3.34. The van der Waals surface area contributed by atoms with Gasteiger partial charge in [0.15, 0.2) is 17.3 Å². The molecule has 0 radical (unpaired) electrons. The molecule has 0 saturated heterocycles. The number of hydrogen-bond acceptors (Lipinski definition) is 5. The molecule has 1 aromatic heterocycles. The Labute approximate surface area is 149 Å². The van der Waals surface area contributed by atoms with Gasteiger partial charge < -0.3 is 20.2 Å². The minimum absolute atomic E-state index is 0.00660. The van der Waals surface area contributed by atoms with Crippen molar-refractivity contribution < 1.29 is 18.7 Å². The molecule has 0 spiro atoms. The van der Waals surface area contributed by atoms with Gasteiger partial charge >= 0.3 is 5.97 Å². The summed E-state index contributed by atoms with van der Waals surface area (Å²) in [6.45, 7) is 5.48. The summed E-state index contributed by atoms with van der Waals surface area (Å²) in [4.78, 5) is 19.1. The van der Waals surface area contributed by atoms with Crippen molar-refractivity contribution in [1.29, 1.82) is 0 Å². The number of ether oxygens (including phenoxy) is 2. The lowest BCUT2D eigenvalue weighted by atomic mass is 10.1. The van der Waals surface area contributed by atoms with Crippen LogP contribution in [0.5, 0.6) is 5.75 Å². The van der Waals surface area contributed by atoms with E-state index in [-0.39, 0.29) is 33.6 Å². The quantitative estimate of drug-likeness (QED) is 0.628. The van der Waals surface area contributed by atoms with E-state index in [1.165, 1.54) is 26.4 Å². The average Bonchev–Trinajstić information content (AvgIpc) is 2.91. The standard InChI is InChI=1S/C17H17ClFN3O3/c1-8-7-21-16(20)12(8)14(17(23)25-4)22-9(2)10-5-6-11(18)15(24-3)13(10)19/h5-7,21H,2,20H2,1,3-4H3. The van der Waals surface area contributed by atoms with E-state index in [0.717, 1.165) is 0 Å². The van der Waals surface area contributed by atoms with Crippen molar-refractivity contribution in [3.05, 3.63) is 52.4 Å². The number of esters is 1. The molecule has 0 aliphatic heterocycles. The van der Waals surface area contributed by atoms with Gasteiger partial charge in [-0.25, -0.2) is 14.2 Å². The van der Waals surface area contributed by atoms with Gasteiger partial charge in [0, 0.05) is 11.8 Å². The molecule has 25 heavy (non-hydrogen) atoms. The molecule has 0 unspecified atom stereocenters. The molecule has 0 fully saturated rings. The highest BCUT2D eigenvalue weighted by atomic mass is 35.5. The molecule has 8 heteroatoms. The van der Waals surface area contributed by atoms with Gasteiger partial charge in [-0.2, -0.15) is 0 Å². The molecular formula is C17H17ClFN3O3. The third-order valence-electron chi connectivity index (χ3n) is 3.53. The van der Waals surface area contributed by atoms with E-state index in [2.05, 4.69) is 16.6 Å². The van der Waals surface area contributed by atoms with Crippen LogP contribution in [-0.2, 0) is 9.53 Å². The van der Waals surface area contributed by atoms with Gasteiger partial charge in [0.05, 0.1) is 30.5 Å². The van der Waals surface area contributed by atoms with E-state index < -0.39 is 11.8 Å². The maximum absolute atomic E-state index is 14.5. The molecule has 2 rings (SSSR count). The number of aromatic amines is 1. The van der Waals surface area contributed by atoms with Crippen molar-refractivity contribution in [2.75, 3.05) is 20.0 Å². The number of nitrogens with zero attached hydrogens (tertiary/aromatic N) is 1. The summed E-state index contributed by atoms with van der Waals surface area (Å²) in [5.74, 6) is -1.35. The maximum Gasteiger partial charge on any atom is 0.357 e. The second-order valence-corrected chi connectivity index (χ2v) is 5.51. The van der Waals surface area contributed by atoms with Crippen LogP contribution in [0.2, 0.25) is 5.02 Å². The first-order chi connectivity index (χ1) is 11.8. The zero-order valence-corrected chi connectivity index (χ0v) is 14.7. The van der Waals surface area contributed by atoms with E-state index in [4.69, 9.17) is 26.8 Å². The summed E-state index contributed by atoms with van der Waals surface area (Å²) in [6, 6.07) is 2.85. The molecule has 0 amide bonds. The lowest BCUT2D eigenvalue weighted by molar-refractivity contribution is -0.132. The second-order valence-electron chi connectivity index (χ2n) is 5.10. The monoisotopic (exact) mass is 365 g/mol. The summed E-state index contributed by atoms with van der Waals surface area (Å²) >= 11 is 5.88. The van der Waals surface area contributed by atoms with Gasteiger partial charge in [0.1, 0.15) is 5.82 Å². The van der Waals surface area contributed by atoms with E-state index in [1.807, 2.05) is 0 Å². The minimum Gasteiger partial charge on any atom is -0.492 e. The summed E-state index contributed by atoms with van der Waals surface area (Å²) in [5.41, 5.74) is 6.86. The van der Waals surface area contributed by atoms with Crippen LogP contribution in [0.25, 0.3) is 5.70 Å². The molecule has 0 bridgehead atoms. The Hall–Kier alpha value is -2.80. The third kappa shape index (κ3) is 3.51. The highest BCUT2D eigenvalue weighted by molar-refractivity contribution is 6.45. The first-order valence-electron chi connectivity index (χ1n) is 7.13. The first-order valence-corrected chi connectivity index (χ1v) is 7.51. The number of aromatic nitrogens is 1. The van der Waals surface area contributed by atoms with E-state index in [9.17, 15) is 9.18 Å². The lowest BCUT2D eigenvalue weighted by Crippen LogP contribution is -2.19. The van der Waals surface area contributed by atoms with Crippen LogP contribution in [0.4, 0.5) is 10.2 Å². The molecule has 1 aromatic carbocycles. The number of rotatable bonds is 5. The fourth-order valence-corrected chi connectivity index (χ4v) is 2.52.